The second kappa shape index (κ2) is 9.88. The number of amides is 1. The van der Waals surface area contributed by atoms with Gasteiger partial charge in [0.2, 0.25) is 5.91 Å². The molecule has 0 saturated carbocycles. The minimum Gasteiger partial charge on any atom is -0.490 e. The van der Waals surface area contributed by atoms with E-state index in [1.807, 2.05) is 25.7 Å². The third kappa shape index (κ3) is 5.58. The fourth-order valence-corrected chi connectivity index (χ4v) is 4.92. The zero-order valence-corrected chi connectivity index (χ0v) is 18.8. The highest BCUT2D eigenvalue weighted by Gasteiger charge is 2.36. The summed E-state index contributed by atoms with van der Waals surface area (Å²) in [6.07, 6.45) is 2.99. The molecule has 2 heterocycles. The van der Waals surface area contributed by atoms with E-state index in [-0.39, 0.29) is 17.5 Å². The van der Waals surface area contributed by atoms with Crippen LogP contribution in [0.3, 0.4) is 0 Å². The number of para-hydroxylation sites is 1. The van der Waals surface area contributed by atoms with Crippen LogP contribution in [0.4, 0.5) is 4.39 Å². The first kappa shape index (κ1) is 22.7. The average molecular weight is 435 g/mol. The zero-order valence-electron chi connectivity index (χ0n) is 18.0. The quantitative estimate of drug-likeness (QED) is 0.699. The van der Waals surface area contributed by atoms with Gasteiger partial charge >= 0.3 is 0 Å². The number of hydrogen-bond donors (Lipinski definition) is 1. The van der Waals surface area contributed by atoms with Crippen LogP contribution in [-0.2, 0) is 16.8 Å². The molecule has 1 aliphatic rings. The fourth-order valence-electron chi connectivity index (χ4n) is 3.74. The number of hydrogen-bond acceptors (Lipinski definition) is 5. The van der Waals surface area contributed by atoms with Gasteiger partial charge in [-0.05, 0) is 37.8 Å². The number of carbonyl (C=O) groups excluding carboxylic acids is 1. The Labute approximate surface area is 181 Å². The predicted octanol–water partition coefficient (Wildman–Crippen LogP) is 4.46. The van der Waals surface area contributed by atoms with Crippen LogP contribution in [0.25, 0.3) is 0 Å². The lowest BCUT2D eigenvalue weighted by molar-refractivity contribution is -0.132. The first-order chi connectivity index (χ1) is 14.3. The van der Waals surface area contributed by atoms with Crippen LogP contribution in [0, 0.1) is 18.7 Å². The maximum Gasteiger partial charge on any atom is 0.222 e. The maximum atomic E-state index is 13.7. The molecule has 1 aromatic heterocycles. The Bertz CT molecular complexity index is 870. The lowest BCUT2D eigenvalue weighted by Crippen LogP contribution is -2.34. The van der Waals surface area contributed by atoms with Crippen molar-refractivity contribution >= 4 is 17.2 Å². The third-order valence-electron chi connectivity index (χ3n) is 5.46. The molecule has 0 bridgehead atoms. The molecule has 7 heteroatoms. The van der Waals surface area contributed by atoms with Crippen molar-refractivity contribution in [2.45, 2.75) is 58.5 Å². The minimum absolute atomic E-state index is 0.163. The number of halogens is 1. The first-order valence-electron chi connectivity index (χ1n) is 10.6. The van der Waals surface area contributed by atoms with E-state index < -0.39 is 5.60 Å². The highest BCUT2D eigenvalue weighted by atomic mass is 32.1. The van der Waals surface area contributed by atoms with Gasteiger partial charge in [-0.3, -0.25) is 4.79 Å². The third-order valence-corrected chi connectivity index (χ3v) is 6.87. The summed E-state index contributed by atoms with van der Waals surface area (Å²) < 4.78 is 19.3. The van der Waals surface area contributed by atoms with Gasteiger partial charge in [0.05, 0.1) is 12.3 Å². The molecule has 2 aromatic rings. The number of aromatic nitrogens is 1. The van der Waals surface area contributed by atoms with E-state index in [1.54, 1.807) is 18.2 Å². The van der Waals surface area contributed by atoms with Gasteiger partial charge < -0.3 is 14.7 Å². The summed E-state index contributed by atoms with van der Waals surface area (Å²) in [4.78, 5) is 20.0. The number of likely N-dealkylation sites (tertiary alicyclic amines) is 1. The summed E-state index contributed by atoms with van der Waals surface area (Å²) in [6.45, 7) is 7.59. The summed E-state index contributed by atoms with van der Waals surface area (Å²) in [6, 6.07) is 6.36. The topological polar surface area (TPSA) is 62.7 Å². The van der Waals surface area contributed by atoms with Gasteiger partial charge in [-0.25, -0.2) is 9.37 Å². The highest BCUT2D eigenvalue weighted by molar-refractivity contribution is 7.11. The van der Waals surface area contributed by atoms with Crippen LogP contribution in [-0.4, -0.2) is 40.6 Å². The molecule has 1 saturated heterocycles. The van der Waals surface area contributed by atoms with Crippen molar-refractivity contribution in [1.82, 2.24) is 9.88 Å². The van der Waals surface area contributed by atoms with E-state index in [0.29, 0.717) is 56.3 Å². The molecule has 1 N–H and O–H groups in total. The number of nitrogens with zero attached hydrogens (tertiary/aromatic N) is 2. The summed E-state index contributed by atoms with van der Waals surface area (Å²) >= 11 is 1.50. The Balaban J connectivity index is 1.62. The van der Waals surface area contributed by atoms with Crippen molar-refractivity contribution in [2.75, 3.05) is 19.7 Å². The lowest BCUT2D eigenvalue weighted by Gasteiger charge is -2.25. The largest absolute Gasteiger partial charge is 0.490 e. The number of ether oxygens (including phenoxy) is 1. The van der Waals surface area contributed by atoms with Gasteiger partial charge in [0.1, 0.15) is 10.6 Å². The molecule has 1 fully saturated rings. The molecule has 1 amide bonds. The van der Waals surface area contributed by atoms with Crippen LogP contribution >= 0.6 is 11.3 Å². The number of aliphatic hydroxyl groups is 1. The standard InChI is InChI=1S/C23H31FN2O3S/c1-16(2)15-21(27)26-12-6-10-23(28,11-13-26)22-25-17(3)20(30-22)9-14-29-19-8-5-4-7-18(19)24/h4-5,7-8,16,28H,6,9-15H2,1-3H3/t23-/m1/s1. The van der Waals surface area contributed by atoms with Gasteiger partial charge in [-0.1, -0.05) is 26.0 Å². The number of rotatable bonds is 7. The Kier molecular flexibility index (Phi) is 7.47. The molecular weight excluding hydrogens is 403 g/mol. The van der Waals surface area contributed by atoms with Crippen LogP contribution in [0.1, 0.15) is 55.1 Å². The van der Waals surface area contributed by atoms with Crippen molar-refractivity contribution in [2.24, 2.45) is 5.92 Å². The molecule has 0 radical (unpaired) electrons. The Hall–Kier alpha value is -1.99. The lowest BCUT2D eigenvalue weighted by atomic mass is 9.96. The van der Waals surface area contributed by atoms with E-state index in [0.717, 1.165) is 17.0 Å². The average Bonchev–Trinajstić information content (AvgIpc) is 2.94. The van der Waals surface area contributed by atoms with Crippen LogP contribution in [0.2, 0.25) is 0 Å². The summed E-state index contributed by atoms with van der Waals surface area (Å²) in [5, 5.41) is 12.0. The minimum atomic E-state index is -1.01. The molecular formula is C23H31FN2O3S. The Morgan fingerprint density at radius 2 is 2.10 bits per heavy atom. The Morgan fingerprint density at radius 3 is 2.83 bits per heavy atom. The van der Waals surface area contributed by atoms with Gasteiger partial charge in [0.25, 0.3) is 0 Å². The number of carbonyl (C=O) groups is 1. The second-order valence-electron chi connectivity index (χ2n) is 8.42. The molecule has 1 atom stereocenters. The number of thiazole rings is 1. The molecule has 30 heavy (non-hydrogen) atoms. The molecule has 0 unspecified atom stereocenters. The summed E-state index contributed by atoms with van der Waals surface area (Å²) in [5.74, 6) is 0.364. The van der Waals surface area contributed by atoms with E-state index >= 15 is 0 Å². The molecule has 0 aliphatic carbocycles. The summed E-state index contributed by atoms with van der Waals surface area (Å²) in [5.41, 5.74) is -0.134. The van der Waals surface area contributed by atoms with Gasteiger partial charge in [-0.2, -0.15) is 0 Å². The molecule has 5 nitrogen and oxygen atoms in total. The first-order valence-corrected chi connectivity index (χ1v) is 11.4. The van der Waals surface area contributed by atoms with E-state index in [1.165, 1.54) is 17.4 Å². The second-order valence-corrected chi connectivity index (χ2v) is 9.50. The van der Waals surface area contributed by atoms with Gasteiger partial charge in [0.15, 0.2) is 11.6 Å². The summed E-state index contributed by atoms with van der Waals surface area (Å²) in [7, 11) is 0. The van der Waals surface area contributed by atoms with E-state index in [9.17, 15) is 14.3 Å². The van der Waals surface area contributed by atoms with Crippen LogP contribution < -0.4 is 4.74 Å². The van der Waals surface area contributed by atoms with Gasteiger partial charge in [-0.15, -0.1) is 11.3 Å². The van der Waals surface area contributed by atoms with E-state index in [2.05, 4.69) is 4.98 Å². The molecule has 164 valence electrons. The normalized spacial score (nSPS) is 19.7. The predicted molar refractivity (Wildman–Crippen MR) is 116 cm³/mol. The van der Waals surface area contributed by atoms with Crippen LogP contribution in [0.5, 0.6) is 5.75 Å². The van der Waals surface area contributed by atoms with Crippen molar-refractivity contribution in [1.29, 1.82) is 0 Å². The van der Waals surface area contributed by atoms with Crippen LogP contribution in [0.15, 0.2) is 24.3 Å². The van der Waals surface area contributed by atoms with Crippen molar-refractivity contribution < 1.29 is 19.0 Å². The van der Waals surface area contributed by atoms with Gasteiger partial charge in [0, 0.05) is 37.2 Å². The fraction of sp³-hybridized carbons (Fsp3) is 0.565. The number of aryl methyl sites for hydroxylation is 1. The Morgan fingerprint density at radius 1 is 1.33 bits per heavy atom. The van der Waals surface area contributed by atoms with Crippen molar-refractivity contribution in [3.05, 3.63) is 45.7 Å². The van der Waals surface area contributed by atoms with Crippen molar-refractivity contribution in [3.63, 3.8) is 0 Å². The monoisotopic (exact) mass is 434 g/mol. The molecule has 3 rings (SSSR count). The zero-order chi connectivity index (χ0) is 21.7. The van der Waals surface area contributed by atoms with Crippen molar-refractivity contribution in [3.8, 4) is 5.75 Å². The maximum absolute atomic E-state index is 13.7. The molecule has 0 spiro atoms. The number of benzene rings is 1. The smallest absolute Gasteiger partial charge is 0.222 e. The highest BCUT2D eigenvalue weighted by Crippen LogP contribution is 2.37. The molecule has 1 aliphatic heterocycles. The van der Waals surface area contributed by atoms with E-state index in [4.69, 9.17) is 4.74 Å². The SMILES string of the molecule is Cc1nc([C@@]2(O)CCCN(C(=O)CC(C)C)CC2)sc1CCOc1ccccc1F. The molecule has 1 aromatic carbocycles.